The molecule has 1 fully saturated rings. The summed E-state index contributed by atoms with van der Waals surface area (Å²) in [6.07, 6.45) is 0.0372. The summed E-state index contributed by atoms with van der Waals surface area (Å²) in [6, 6.07) is 10.8. The molecule has 1 aliphatic rings. The maximum atomic E-state index is 6.03. The fourth-order valence-electron chi connectivity index (χ4n) is 2.35. The van der Waals surface area contributed by atoms with E-state index in [2.05, 4.69) is 49.0 Å². The molecule has 3 heteroatoms. The number of benzene rings is 1. The van der Waals surface area contributed by atoms with E-state index in [9.17, 15) is 0 Å². The van der Waals surface area contributed by atoms with Crippen LogP contribution < -0.4 is 16.6 Å². The second-order valence-electron chi connectivity index (χ2n) is 4.52. The molecule has 0 amide bonds. The lowest BCUT2D eigenvalue weighted by Gasteiger charge is -2.24. The van der Waals surface area contributed by atoms with Gasteiger partial charge in [0.05, 0.1) is 12.2 Å². The summed E-state index contributed by atoms with van der Waals surface area (Å²) in [4.78, 5) is 0. The average molecular weight is 205 g/mol. The maximum Gasteiger partial charge on any atom is 0.0729 e. The molecule has 1 saturated heterocycles. The SMILES string of the molecule is CC(C)C1C(N)NNC1c1ccccc1. The van der Waals surface area contributed by atoms with Gasteiger partial charge >= 0.3 is 0 Å². The van der Waals surface area contributed by atoms with Crippen molar-refractivity contribution >= 4 is 0 Å². The van der Waals surface area contributed by atoms with Crippen LogP contribution in [-0.2, 0) is 0 Å². The third-order valence-electron chi connectivity index (χ3n) is 3.13. The second-order valence-corrected chi connectivity index (χ2v) is 4.52. The first-order chi connectivity index (χ1) is 7.20. The summed E-state index contributed by atoms with van der Waals surface area (Å²) in [5.74, 6) is 1.00. The van der Waals surface area contributed by atoms with Crippen molar-refractivity contribution in [2.24, 2.45) is 17.6 Å². The molecule has 0 saturated carbocycles. The fourth-order valence-corrected chi connectivity index (χ4v) is 2.35. The van der Waals surface area contributed by atoms with E-state index < -0.39 is 0 Å². The van der Waals surface area contributed by atoms with Crippen LogP contribution >= 0.6 is 0 Å². The van der Waals surface area contributed by atoms with E-state index in [0.717, 1.165) is 0 Å². The predicted molar refractivity (Wildman–Crippen MR) is 61.8 cm³/mol. The Labute approximate surface area is 91.0 Å². The quantitative estimate of drug-likeness (QED) is 0.684. The number of nitrogens with two attached hydrogens (primary N) is 1. The Morgan fingerprint density at radius 2 is 1.80 bits per heavy atom. The lowest BCUT2D eigenvalue weighted by molar-refractivity contribution is 0.315. The summed E-state index contributed by atoms with van der Waals surface area (Å²) in [6.45, 7) is 4.43. The monoisotopic (exact) mass is 205 g/mol. The fraction of sp³-hybridized carbons (Fsp3) is 0.500. The van der Waals surface area contributed by atoms with Gasteiger partial charge in [-0.15, -0.1) is 0 Å². The standard InChI is InChI=1S/C12H19N3/c1-8(2)10-11(14-15-12(10)13)9-6-4-3-5-7-9/h3-8,10-12,14-15H,13H2,1-2H3. The Bertz CT molecular complexity index is 310. The van der Waals surface area contributed by atoms with Crippen LogP contribution in [0.1, 0.15) is 25.5 Å². The zero-order valence-corrected chi connectivity index (χ0v) is 9.27. The average Bonchev–Trinajstić information content (AvgIpc) is 2.61. The van der Waals surface area contributed by atoms with Gasteiger partial charge in [0, 0.05) is 5.92 Å². The van der Waals surface area contributed by atoms with Gasteiger partial charge in [-0.2, -0.15) is 0 Å². The predicted octanol–water partition coefficient (Wildman–Crippen LogP) is 1.39. The molecule has 1 aromatic rings. The van der Waals surface area contributed by atoms with Crippen molar-refractivity contribution in [1.82, 2.24) is 10.9 Å². The molecule has 4 N–H and O–H groups in total. The van der Waals surface area contributed by atoms with Crippen molar-refractivity contribution in [2.45, 2.75) is 26.1 Å². The van der Waals surface area contributed by atoms with E-state index >= 15 is 0 Å². The molecule has 15 heavy (non-hydrogen) atoms. The molecule has 0 aromatic heterocycles. The molecule has 1 heterocycles. The molecule has 3 atom stereocenters. The van der Waals surface area contributed by atoms with Gasteiger partial charge in [-0.3, -0.25) is 0 Å². The van der Waals surface area contributed by atoms with Crippen LogP contribution in [0.5, 0.6) is 0 Å². The molecule has 0 spiro atoms. The molecular weight excluding hydrogens is 186 g/mol. The molecule has 2 rings (SSSR count). The van der Waals surface area contributed by atoms with Crippen molar-refractivity contribution < 1.29 is 0 Å². The molecule has 1 aliphatic heterocycles. The zero-order valence-electron chi connectivity index (χ0n) is 9.27. The van der Waals surface area contributed by atoms with Crippen LogP contribution in [-0.4, -0.2) is 6.17 Å². The number of nitrogens with one attached hydrogen (secondary N) is 2. The van der Waals surface area contributed by atoms with Gasteiger partial charge in [0.1, 0.15) is 0 Å². The Hall–Kier alpha value is -0.900. The summed E-state index contributed by atoms with van der Waals surface area (Å²) in [7, 11) is 0. The number of hydrogen-bond acceptors (Lipinski definition) is 3. The van der Waals surface area contributed by atoms with E-state index in [-0.39, 0.29) is 6.17 Å². The van der Waals surface area contributed by atoms with Gasteiger partial charge in [-0.1, -0.05) is 44.2 Å². The van der Waals surface area contributed by atoms with Crippen LogP contribution in [0.15, 0.2) is 30.3 Å². The van der Waals surface area contributed by atoms with E-state index in [1.54, 1.807) is 0 Å². The minimum absolute atomic E-state index is 0.0372. The lowest BCUT2D eigenvalue weighted by Crippen LogP contribution is -2.40. The molecule has 3 unspecified atom stereocenters. The topological polar surface area (TPSA) is 50.1 Å². The third kappa shape index (κ3) is 2.04. The van der Waals surface area contributed by atoms with Crippen LogP contribution in [0.2, 0.25) is 0 Å². The third-order valence-corrected chi connectivity index (χ3v) is 3.13. The van der Waals surface area contributed by atoms with Gasteiger partial charge in [0.25, 0.3) is 0 Å². The van der Waals surface area contributed by atoms with Gasteiger partial charge in [-0.25, -0.2) is 10.9 Å². The molecule has 0 radical (unpaired) electrons. The van der Waals surface area contributed by atoms with Crippen molar-refractivity contribution in [1.29, 1.82) is 0 Å². The van der Waals surface area contributed by atoms with Gasteiger partial charge in [-0.05, 0) is 11.5 Å². The lowest BCUT2D eigenvalue weighted by atomic mass is 9.84. The van der Waals surface area contributed by atoms with E-state index in [4.69, 9.17) is 5.73 Å². The summed E-state index contributed by atoms with van der Waals surface area (Å²) in [5.41, 5.74) is 13.7. The molecular formula is C12H19N3. The number of rotatable bonds is 2. The van der Waals surface area contributed by atoms with Gasteiger partial charge in [0.2, 0.25) is 0 Å². The highest BCUT2D eigenvalue weighted by molar-refractivity contribution is 5.21. The van der Waals surface area contributed by atoms with Crippen LogP contribution in [0.25, 0.3) is 0 Å². The Kier molecular flexibility index (Phi) is 3.05. The first-order valence-corrected chi connectivity index (χ1v) is 5.51. The second kappa shape index (κ2) is 4.31. The Morgan fingerprint density at radius 3 is 2.40 bits per heavy atom. The minimum atomic E-state index is 0.0372. The summed E-state index contributed by atoms with van der Waals surface area (Å²) < 4.78 is 0. The normalized spacial score (nSPS) is 31.1. The molecule has 3 nitrogen and oxygen atoms in total. The van der Waals surface area contributed by atoms with Crippen molar-refractivity contribution in [3.8, 4) is 0 Å². The summed E-state index contributed by atoms with van der Waals surface area (Å²) in [5, 5.41) is 0. The van der Waals surface area contributed by atoms with E-state index in [1.807, 2.05) is 6.07 Å². The molecule has 82 valence electrons. The largest absolute Gasteiger partial charge is 0.315 e. The Balaban J connectivity index is 2.22. The first kappa shape index (κ1) is 10.6. The van der Waals surface area contributed by atoms with Gasteiger partial charge in [0.15, 0.2) is 0 Å². The highest BCUT2D eigenvalue weighted by Crippen LogP contribution is 2.32. The van der Waals surface area contributed by atoms with Crippen LogP contribution in [0.3, 0.4) is 0 Å². The number of hydrazine groups is 1. The van der Waals surface area contributed by atoms with E-state index in [0.29, 0.717) is 17.9 Å². The molecule has 0 aliphatic carbocycles. The van der Waals surface area contributed by atoms with E-state index in [1.165, 1.54) is 5.56 Å². The highest BCUT2D eigenvalue weighted by atomic mass is 15.5. The van der Waals surface area contributed by atoms with Crippen molar-refractivity contribution in [3.05, 3.63) is 35.9 Å². The van der Waals surface area contributed by atoms with Crippen LogP contribution in [0.4, 0.5) is 0 Å². The smallest absolute Gasteiger partial charge is 0.0729 e. The minimum Gasteiger partial charge on any atom is -0.315 e. The van der Waals surface area contributed by atoms with Crippen molar-refractivity contribution in [2.75, 3.05) is 0 Å². The zero-order chi connectivity index (χ0) is 10.8. The van der Waals surface area contributed by atoms with Gasteiger partial charge < -0.3 is 5.73 Å². The molecule has 1 aromatic carbocycles. The van der Waals surface area contributed by atoms with Crippen molar-refractivity contribution in [3.63, 3.8) is 0 Å². The Morgan fingerprint density at radius 1 is 1.13 bits per heavy atom. The summed E-state index contributed by atoms with van der Waals surface area (Å²) >= 11 is 0. The maximum absolute atomic E-state index is 6.03. The number of hydrogen-bond donors (Lipinski definition) is 3. The first-order valence-electron chi connectivity index (χ1n) is 5.51. The molecule has 0 bridgehead atoms. The van der Waals surface area contributed by atoms with Crippen LogP contribution in [0, 0.1) is 11.8 Å². The highest BCUT2D eigenvalue weighted by Gasteiger charge is 2.36.